The number of aliphatic hydroxyl groups is 1. The highest BCUT2D eigenvalue weighted by Crippen LogP contribution is 2.54. The van der Waals surface area contributed by atoms with Crippen molar-refractivity contribution < 1.29 is 32.1 Å². The number of aromatic nitrogens is 1. The van der Waals surface area contributed by atoms with Gasteiger partial charge in [0.05, 0.1) is 11.6 Å². The highest BCUT2D eigenvalue weighted by Gasteiger charge is 2.59. The average molecular weight is 447 g/mol. The summed E-state index contributed by atoms with van der Waals surface area (Å²) in [5.74, 6) is 0.557. The number of anilines is 1. The number of ether oxygens (including phenoxy) is 2. The van der Waals surface area contributed by atoms with Gasteiger partial charge in [-0.2, -0.15) is 13.2 Å². The minimum absolute atomic E-state index is 0.0404. The van der Waals surface area contributed by atoms with Gasteiger partial charge in [-0.25, -0.2) is 4.39 Å². The molecule has 32 heavy (non-hydrogen) atoms. The number of alkyl halides is 3. The largest absolute Gasteiger partial charge is 0.488 e. The Morgan fingerprint density at radius 2 is 1.81 bits per heavy atom. The van der Waals surface area contributed by atoms with E-state index in [0.717, 1.165) is 17.4 Å². The average Bonchev–Trinajstić information content (AvgIpc) is 3.26. The minimum Gasteiger partial charge on any atom is -0.488 e. The molecule has 0 amide bonds. The predicted molar refractivity (Wildman–Crippen MR) is 106 cm³/mol. The maximum atomic E-state index is 13.4. The third-order valence-corrected chi connectivity index (χ3v) is 5.37. The van der Waals surface area contributed by atoms with Crippen LogP contribution < -0.4 is 20.1 Å². The third kappa shape index (κ3) is 3.94. The zero-order chi connectivity index (χ0) is 22.5. The normalized spacial score (nSPS) is 21.8. The maximum Gasteiger partial charge on any atom is 0.419 e. The molecule has 0 radical (unpaired) electrons. The lowest BCUT2D eigenvalue weighted by Crippen LogP contribution is -2.40. The van der Waals surface area contributed by atoms with E-state index in [0.29, 0.717) is 23.6 Å². The molecule has 3 N–H and O–H groups in total. The van der Waals surface area contributed by atoms with E-state index in [1.807, 2.05) is 6.07 Å². The molecule has 3 aromatic rings. The van der Waals surface area contributed by atoms with E-state index in [-0.39, 0.29) is 23.8 Å². The van der Waals surface area contributed by atoms with Crippen molar-refractivity contribution in [2.24, 2.45) is 0 Å². The molecule has 1 aromatic heterocycles. The SMILES string of the molecule is OC(Nc1ccc(F)c(C(F)(F)F)c1)NC1[C@H]2Oc3ccc(Oc4ccncc4)cc3[C@@H]12. The van der Waals surface area contributed by atoms with Gasteiger partial charge in [0.15, 0.2) is 6.35 Å². The summed E-state index contributed by atoms with van der Waals surface area (Å²) in [6.07, 6.45) is -3.16. The summed E-state index contributed by atoms with van der Waals surface area (Å²) < 4.78 is 63.7. The summed E-state index contributed by atoms with van der Waals surface area (Å²) in [7, 11) is 0. The minimum atomic E-state index is -4.83. The highest BCUT2D eigenvalue weighted by molar-refractivity contribution is 5.53. The topological polar surface area (TPSA) is 75.6 Å². The maximum absolute atomic E-state index is 13.4. The van der Waals surface area contributed by atoms with Crippen LogP contribution in [0.15, 0.2) is 60.9 Å². The van der Waals surface area contributed by atoms with Crippen molar-refractivity contribution in [3.05, 3.63) is 77.9 Å². The fourth-order valence-electron chi connectivity index (χ4n) is 3.86. The molecule has 1 aliphatic heterocycles. The first-order chi connectivity index (χ1) is 15.3. The van der Waals surface area contributed by atoms with Gasteiger partial charge in [-0.05, 0) is 48.5 Å². The number of hydrogen-bond donors (Lipinski definition) is 3. The van der Waals surface area contributed by atoms with Gasteiger partial charge < -0.3 is 19.9 Å². The van der Waals surface area contributed by atoms with Crippen molar-refractivity contribution in [1.82, 2.24) is 10.3 Å². The molecule has 2 unspecified atom stereocenters. The smallest absolute Gasteiger partial charge is 0.419 e. The van der Waals surface area contributed by atoms with Crippen molar-refractivity contribution in [1.29, 1.82) is 0 Å². The van der Waals surface area contributed by atoms with Crippen LogP contribution in [0.5, 0.6) is 17.2 Å². The molecule has 5 rings (SSSR count). The Morgan fingerprint density at radius 1 is 1.03 bits per heavy atom. The first-order valence-electron chi connectivity index (χ1n) is 9.75. The second-order valence-corrected chi connectivity index (χ2v) is 7.52. The van der Waals surface area contributed by atoms with E-state index < -0.39 is 23.9 Å². The fourth-order valence-corrected chi connectivity index (χ4v) is 3.86. The van der Waals surface area contributed by atoms with Gasteiger partial charge in [-0.3, -0.25) is 10.3 Å². The van der Waals surface area contributed by atoms with Crippen LogP contribution >= 0.6 is 0 Å². The number of benzene rings is 2. The lowest BCUT2D eigenvalue weighted by atomic mass is 10.1. The number of rotatable bonds is 6. The van der Waals surface area contributed by atoms with E-state index in [2.05, 4.69) is 15.6 Å². The van der Waals surface area contributed by atoms with Crippen LogP contribution in [0.4, 0.5) is 23.2 Å². The zero-order valence-electron chi connectivity index (χ0n) is 16.3. The van der Waals surface area contributed by atoms with Crippen LogP contribution in [0.2, 0.25) is 0 Å². The van der Waals surface area contributed by atoms with Gasteiger partial charge in [0.1, 0.15) is 29.2 Å². The molecule has 6 nitrogen and oxygen atoms in total. The lowest BCUT2D eigenvalue weighted by Gasteiger charge is -2.19. The summed E-state index contributed by atoms with van der Waals surface area (Å²) in [4.78, 5) is 3.94. The summed E-state index contributed by atoms with van der Waals surface area (Å²) >= 11 is 0. The van der Waals surface area contributed by atoms with Crippen molar-refractivity contribution in [2.75, 3.05) is 5.32 Å². The van der Waals surface area contributed by atoms with Gasteiger partial charge >= 0.3 is 6.18 Å². The number of nitrogens with zero attached hydrogens (tertiary/aromatic N) is 1. The van der Waals surface area contributed by atoms with Gasteiger partial charge in [0.25, 0.3) is 0 Å². The molecule has 0 spiro atoms. The molecule has 2 aromatic carbocycles. The van der Waals surface area contributed by atoms with E-state index >= 15 is 0 Å². The summed E-state index contributed by atoms with van der Waals surface area (Å²) in [6, 6.07) is 11.1. The molecule has 4 atom stereocenters. The van der Waals surface area contributed by atoms with E-state index in [9.17, 15) is 22.7 Å². The Bertz CT molecular complexity index is 1140. The number of nitrogens with one attached hydrogen (secondary N) is 2. The van der Waals surface area contributed by atoms with Gasteiger partial charge in [-0.1, -0.05) is 0 Å². The second kappa shape index (κ2) is 7.64. The Kier molecular flexibility index (Phi) is 4.90. The van der Waals surface area contributed by atoms with Crippen molar-refractivity contribution >= 4 is 5.69 Å². The van der Waals surface area contributed by atoms with Crippen LogP contribution in [0, 0.1) is 5.82 Å². The molecular formula is C22H17F4N3O3. The second-order valence-electron chi connectivity index (χ2n) is 7.52. The Morgan fingerprint density at radius 3 is 2.56 bits per heavy atom. The van der Waals surface area contributed by atoms with Crippen molar-refractivity contribution in [2.45, 2.75) is 30.6 Å². The number of pyridine rings is 1. The fraction of sp³-hybridized carbons (Fsp3) is 0.227. The number of hydrogen-bond acceptors (Lipinski definition) is 6. The molecule has 1 saturated carbocycles. The summed E-state index contributed by atoms with van der Waals surface area (Å²) in [5.41, 5.74) is -0.566. The Hall–Kier alpha value is -3.37. The first-order valence-corrected chi connectivity index (χ1v) is 9.75. The number of aliphatic hydroxyl groups excluding tert-OH is 1. The molecule has 2 aliphatic rings. The zero-order valence-corrected chi connectivity index (χ0v) is 16.3. The van der Waals surface area contributed by atoms with E-state index in [1.165, 1.54) is 0 Å². The molecule has 166 valence electrons. The van der Waals surface area contributed by atoms with Crippen LogP contribution in [0.1, 0.15) is 17.0 Å². The molecule has 0 bridgehead atoms. The molecule has 1 fully saturated rings. The molecular weight excluding hydrogens is 430 g/mol. The first kappa shape index (κ1) is 20.5. The van der Waals surface area contributed by atoms with Crippen molar-refractivity contribution in [3.8, 4) is 17.2 Å². The lowest BCUT2D eigenvalue weighted by molar-refractivity contribution is -0.139. The van der Waals surface area contributed by atoms with Gasteiger partial charge in [0.2, 0.25) is 0 Å². The Labute approximate surface area is 179 Å². The van der Waals surface area contributed by atoms with Crippen molar-refractivity contribution in [3.63, 3.8) is 0 Å². The summed E-state index contributed by atoms with van der Waals surface area (Å²) in [6.45, 7) is 0. The molecule has 0 saturated heterocycles. The quantitative estimate of drug-likeness (QED) is 0.388. The van der Waals surface area contributed by atoms with E-state index in [4.69, 9.17) is 9.47 Å². The molecule has 2 heterocycles. The summed E-state index contributed by atoms with van der Waals surface area (Å²) in [5, 5.41) is 15.6. The monoisotopic (exact) mass is 447 g/mol. The third-order valence-electron chi connectivity index (χ3n) is 5.37. The standard InChI is InChI=1S/C22H17F4N3O3/c23-16-3-1-11(9-15(16)22(24,25)26)28-21(30)29-19-18-14-10-13(2-4-17(14)32-20(18)19)31-12-5-7-27-8-6-12/h1-10,18-21,28-30H/t18-,19?,20-,21?/m0/s1. The predicted octanol–water partition coefficient (Wildman–Crippen LogP) is 4.24. The molecule has 10 heteroatoms. The van der Waals surface area contributed by atoms with E-state index in [1.54, 1.807) is 36.7 Å². The van der Waals surface area contributed by atoms with Crippen LogP contribution in [0.3, 0.4) is 0 Å². The molecule has 1 aliphatic carbocycles. The Balaban J connectivity index is 1.24. The van der Waals surface area contributed by atoms with Gasteiger partial charge in [-0.15, -0.1) is 0 Å². The van der Waals surface area contributed by atoms with Crippen LogP contribution in [-0.4, -0.2) is 28.6 Å². The van der Waals surface area contributed by atoms with Crippen LogP contribution in [0.25, 0.3) is 0 Å². The number of fused-ring (bicyclic) bond motifs is 3. The van der Waals surface area contributed by atoms with Crippen LogP contribution in [-0.2, 0) is 6.18 Å². The van der Waals surface area contributed by atoms with Gasteiger partial charge in [0, 0.05) is 29.6 Å². The highest BCUT2D eigenvalue weighted by atomic mass is 19.4. The number of halogens is 4.